The Bertz CT molecular complexity index is 217. The molecule has 1 saturated heterocycles. The Kier molecular flexibility index (Phi) is 2.84. The summed E-state index contributed by atoms with van der Waals surface area (Å²) in [6, 6.07) is 0. The van der Waals surface area contributed by atoms with E-state index in [4.69, 9.17) is 0 Å². The van der Waals surface area contributed by atoms with Gasteiger partial charge >= 0.3 is 0 Å². The summed E-state index contributed by atoms with van der Waals surface area (Å²) in [6.07, 6.45) is 6.69. The Morgan fingerprint density at radius 1 is 1.33 bits per heavy atom. The number of allylic oxidation sites excluding steroid dienone is 1. The van der Waals surface area contributed by atoms with Crippen LogP contribution in [0.5, 0.6) is 0 Å². The second-order valence-corrected chi connectivity index (χ2v) is 5.66. The largest absolute Gasteiger partial charge is 0.389 e. The number of hydrogen-bond acceptors (Lipinski definition) is 3. The lowest BCUT2D eigenvalue weighted by Crippen LogP contribution is -2.07. The predicted octanol–water partition coefficient (Wildman–Crippen LogP) is 2.04. The minimum Gasteiger partial charge on any atom is -0.389 e. The van der Waals surface area contributed by atoms with Crippen molar-refractivity contribution in [2.75, 3.05) is 11.5 Å². The highest BCUT2D eigenvalue weighted by atomic mass is 32.2. The number of aliphatic hydroxyl groups is 1. The molecule has 0 radical (unpaired) electrons. The smallest absolute Gasteiger partial charge is 0.0758 e. The first-order chi connectivity index (χ1) is 5.86. The molecule has 1 unspecified atom stereocenters. The van der Waals surface area contributed by atoms with Gasteiger partial charge in [-0.3, -0.25) is 0 Å². The molecule has 0 aromatic heterocycles. The first-order valence-corrected chi connectivity index (χ1v) is 6.25. The van der Waals surface area contributed by atoms with Gasteiger partial charge in [-0.15, -0.1) is 23.5 Å². The Hall–Kier alpha value is 0.140. The van der Waals surface area contributed by atoms with Gasteiger partial charge in [-0.2, -0.15) is 0 Å². The van der Waals surface area contributed by atoms with Gasteiger partial charge in [-0.05, 0) is 12.0 Å². The molecule has 2 rings (SSSR count). The van der Waals surface area contributed by atoms with Gasteiger partial charge in [0.05, 0.1) is 10.7 Å². The van der Waals surface area contributed by atoms with E-state index in [0.29, 0.717) is 4.58 Å². The molecule has 12 heavy (non-hydrogen) atoms. The maximum absolute atomic E-state index is 9.22. The average molecular weight is 200 g/mol. The molecular weight excluding hydrogens is 188 g/mol. The van der Waals surface area contributed by atoms with Crippen LogP contribution in [-0.2, 0) is 0 Å². The molecule has 1 nitrogen and oxygen atoms in total. The summed E-state index contributed by atoms with van der Waals surface area (Å²) in [5.41, 5.74) is 1.40. The average Bonchev–Trinajstić information content (AvgIpc) is 2.58. The molecule has 1 heterocycles. The molecule has 1 N–H and O–H groups in total. The number of hydrogen-bond donors (Lipinski definition) is 1. The Morgan fingerprint density at radius 2 is 2.08 bits per heavy atom. The molecule has 0 aromatic carbocycles. The molecule has 1 aliphatic heterocycles. The molecule has 0 aromatic rings. The van der Waals surface area contributed by atoms with Crippen molar-refractivity contribution < 1.29 is 5.11 Å². The molecular formula is C9H12OS2. The van der Waals surface area contributed by atoms with Gasteiger partial charge in [0, 0.05) is 11.5 Å². The van der Waals surface area contributed by atoms with Gasteiger partial charge < -0.3 is 5.11 Å². The van der Waals surface area contributed by atoms with E-state index < -0.39 is 0 Å². The molecule has 0 bridgehead atoms. The summed E-state index contributed by atoms with van der Waals surface area (Å²) in [4.78, 5) is 0. The van der Waals surface area contributed by atoms with Crippen LogP contribution in [0.15, 0.2) is 23.8 Å². The van der Waals surface area contributed by atoms with E-state index in [1.54, 1.807) is 0 Å². The van der Waals surface area contributed by atoms with Gasteiger partial charge in [0.25, 0.3) is 0 Å². The van der Waals surface area contributed by atoms with Gasteiger partial charge in [-0.25, -0.2) is 0 Å². The fraction of sp³-hybridized carbons (Fsp3) is 0.556. The minimum atomic E-state index is -0.245. The molecule has 0 saturated carbocycles. The lowest BCUT2D eigenvalue weighted by Gasteiger charge is -2.14. The maximum Gasteiger partial charge on any atom is 0.0758 e. The van der Waals surface area contributed by atoms with Crippen molar-refractivity contribution >= 4 is 23.5 Å². The van der Waals surface area contributed by atoms with Crippen molar-refractivity contribution in [1.29, 1.82) is 0 Å². The summed E-state index contributed by atoms with van der Waals surface area (Å²) in [6.45, 7) is 0. The molecule has 2 aliphatic rings. The third kappa shape index (κ3) is 1.90. The summed E-state index contributed by atoms with van der Waals surface area (Å²) in [7, 11) is 0. The second-order valence-electron chi connectivity index (χ2n) is 2.94. The number of aliphatic hydroxyl groups excluding tert-OH is 1. The molecule has 0 amide bonds. The summed E-state index contributed by atoms with van der Waals surface area (Å²) >= 11 is 4.02. The van der Waals surface area contributed by atoms with Crippen molar-refractivity contribution in [3.05, 3.63) is 23.8 Å². The third-order valence-corrected chi connectivity index (χ3v) is 5.10. The van der Waals surface area contributed by atoms with Crippen LogP contribution in [0.1, 0.15) is 6.42 Å². The predicted molar refractivity (Wildman–Crippen MR) is 56.6 cm³/mol. The van der Waals surface area contributed by atoms with E-state index in [9.17, 15) is 5.11 Å². The summed E-state index contributed by atoms with van der Waals surface area (Å²) in [5.74, 6) is 2.53. The molecule has 1 aliphatic carbocycles. The fourth-order valence-electron chi connectivity index (χ4n) is 1.35. The van der Waals surface area contributed by atoms with Crippen LogP contribution >= 0.6 is 23.5 Å². The van der Waals surface area contributed by atoms with Crippen molar-refractivity contribution in [1.82, 2.24) is 0 Å². The van der Waals surface area contributed by atoms with Crippen LogP contribution in [0.4, 0.5) is 0 Å². The Balaban J connectivity index is 2.00. The van der Waals surface area contributed by atoms with Crippen LogP contribution in [-0.4, -0.2) is 27.3 Å². The van der Waals surface area contributed by atoms with Crippen LogP contribution in [0.25, 0.3) is 0 Å². The topological polar surface area (TPSA) is 20.2 Å². The zero-order valence-electron chi connectivity index (χ0n) is 6.77. The zero-order chi connectivity index (χ0) is 8.39. The highest BCUT2D eigenvalue weighted by Gasteiger charge is 2.20. The van der Waals surface area contributed by atoms with Crippen molar-refractivity contribution in [2.24, 2.45) is 0 Å². The van der Waals surface area contributed by atoms with Gasteiger partial charge in [-0.1, -0.05) is 18.2 Å². The van der Waals surface area contributed by atoms with E-state index in [2.05, 4.69) is 12.2 Å². The minimum absolute atomic E-state index is 0.245. The normalized spacial score (nSPS) is 30.8. The van der Waals surface area contributed by atoms with E-state index >= 15 is 0 Å². The third-order valence-electron chi connectivity index (χ3n) is 2.00. The monoisotopic (exact) mass is 200 g/mol. The first-order valence-electron chi connectivity index (χ1n) is 4.16. The van der Waals surface area contributed by atoms with Crippen LogP contribution in [0.2, 0.25) is 0 Å². The quantitative estimate of drug-likeness (QED) is 0.699. The summed E-state index contributed by atoms with van der Waals surface area (Å²) in [5, 5.41) is 9.22. The Morgan fingerprint density at radius 3 is 2.67 bits per heavy atom. The molecule has 3 heteroatoms. The highest BCUT2D eigenvalue weighted by Crippen LogP contribution is 2.38. The second kappa shape index (κ2) is 3.90. The lowest BCUT2D eigenvalue weighted by molar-refractivity contribution is 0.225. The van der Waals surface area contributed by atoms with Gasteiger partial charge in [0.1, 0.15) is 0 Å². The fourth-order valence-corrected chi connectivity index (χ4v) is 4.25. The first kappa shape index (κ1) is 8.73. The van der Waals surface area contributed by atoms with Gasteiger partial charge in [0.15, 0.2) is 0 Å². The molecule has 0 spiro atoms. The van der Waals surface area contributed by atoms with Gasteiger partial charge in [0.2, 0.25) is 0 Å². The summed E-state index contributed by atoms with van der Waals surface area (Å²) < 4.78 is 0.633. The van der Waals surface area contributed by atoms with Crippen molar-refractivity contribution in [2.45, 2.75) is 17.1 Å². The lowest BCUT2D eigenvalue weighted by atomic mass is 10.1. The number of rotatable bonds is 1. The SMILES string of the molecule is OC1C=CC(C2SCCS2)=CC1. The molecule has 1 fully saturated rings. The maximum atomic E-state index is 9.22. The van der Waals surface area contributed by atoms with E-state index in [0.717, 1.165) is 6.42 Å². The zero-order valence-corrected chi connectivity index (χ0v) is 8.40. The van der Waals surface area contributed by atoms with Crippen LogP contribution < -0.4 is 0 Å². The van der Waals surface area contributed by atoms with Crippen molar-refractivity contribution in [3.63, 3.8) is 0 Å². The van der Waals surface area contributed by atoms with E-state index in [1.165, 1.54) is 17.1 Å². The molecule has 1 atom stereocenters. The number of thioether (sulfide) groups is 2. The standard InChI is InChI=1S/C9H12OS2/c10-8-3-1-7(2-4-8)9-11-5-6-12-9/h1-3,8-10H,4-6H2. The van der Waals surface area contributed by atoms with Crippen molar-refractivity contribution in [3.8, 4) is 0 Å². The molecule has 66 valence electrons. The van der Waals surface area contributed by atoms with E-state index in [-0.39, 0.29) is 6.10 Å². The van der Waals surface area contributed by atoms with Crippen LogP contribution in [0, 0.1) is 0 Å². The Labute approximate surface area is 81.3 Å². The van der Waals surface area contributed by atoms with Crippen LogP contribution in [0.3, 0.4) is 0 Å². The highest BCUT2D eigenvalue weighted by molar-refractivity contribution is 8.20. The van der Waals surface area contributed by atoms with E-state index in [1.807, 2.05) is 29.6 Å².